The van der Waals surface area contributed by atoms with Crippen LogP contribution in [-0.4, -0.2) is 60.3 Å². The molecule has 1 aromatic heterocycles. The lowest BCUT2D eigenvalue weighted by Gasteiger charge is -2.35. The number of fused-ring (bicyclic) bond motifs is 1. The molecule has 2 fully saturated rings. The van der Waals surface area contributed by atoms with Crippen LogP contribution in [0, 0.1) is 5.92 Å². The predicted octanol–water partition coefficient (Wildman–Crippen LogP) is 4.55. The Labute approximate surface area is 227 Å². The Bertz CT molecular complexity index is 1500. The predicted molar refractivity (Wildman–Crippen MR) is 154 cm³/mol. The number of piperazine rings is 1. The third-order valence-electron chi connectivity index (χ3n) is 7.51. The molecular formula is C31H31N5O3. The van der Waals surface area contributed by atoms with E-state index in [0.29, 0.717) is 12.1 Å². The summed E-state index contributed by atoms with van der Waals surface area (Å²) in [4.78, 5) is 40.1. The van der Waals surface area contributed by atoms with Crippen molar-refractivity contribution in [2.24, 2.45) is 5.92 Å². The molecule has 4 aromatic rings. The molecular weight excluding hydrogens is 490 g/mol. The van der Waals surface area contributed by atoms with Crippen LogP contribution in [0.5, 0.6) is 0 Å². The number of carbonyl (C=O) groups excluding carboxylic acids is 3. The molecule has 0 unspecified atom stereocenters. The van der Waals surface area contributed by atoms with E-state index < -0.39 is 0 Å². The Hall–Kier alpha value is -4.43. The molecule has 39 heavy (non-hydrogen) atoms. The van der Waals surface area contributed by atoms with Crippen LogP contribution in [0.2, 0.25) is 0 Å². The smallest absolute Gasteiger partial charge is 0.255 e. The van der Waals surface area contributed by atoms with Crippen molar-refractivity contribution in [3.63, 3.8) is 0 Å². The molecule has 2 heterocycles. The summed E-state index contributed by atoms with van der Waals surface area (Å²) in [7, 11) is 0. The van der Waals surface area contributed by atoms with E-state index >= 15 is 0 Å². The molecule has 2 N–H and O–H groups in total. The van der Waals surface area contributed by atoms with Gasteiger partial charge in [-0.15, -0.1) is 0 Å². The van der Waals surface area contributed by atoms with Crippen LogP contribution >= 0.6 is 0 Å². The number of carbonyl (C=O) groups is 3. The van der Waals surface area contributed by atoms with Crippen LogP contribution in [0.3, 0.4) is 0 Å². The van der Waals surface area contributed by atoms with E-state index in [0.717, 1.165) is 79.0 Å². The second-order valence-corrected chi connectivity index (χ2v) is 10.2. The zero-order valence-corrected chi connectivity index (χ0v) is 21.7. The van der Waals surface area contributed by atoms with Gasteiger partial charge < -0.3 is 24.9 Å². The summed E-state index contributed by atoms with van der Waals surface area (Å²) < 4.78 is 2.09. The van der Waals surface area contributed by atoms with Gasteiger partial charge in [0.2, 0.25) is 5.91 Å². The highest BCUT2D eigenvalue weighted by atomic mass is 16.2. The first-order valence-electron chi connectivity index (χ1n) is 13.4. The van der Waals surface area contributed by atoms with Crippen LogP contribution in [0.25, 0.3) is 16.6 Å². The molecule has 1 saturated carbocycles. The van der Waals surface area contributed by atoms with Crippen LogP contribution in [-0.2, 0) is 9.59 Å². The number of rotatable bonds is 8. The van der Waals surface area contributed by atoms with E-state index in [1.54, 1.807) is 0 Å². The number of aldehydes is 1. The van der Waals surface area contributed by atoms with Gasteiger partial charge in [0.05, 0.1) is 12.1 Å². The maximum absolute atomic E-state index is 12.9. The lowest BCUT2D eigenvalue weighted by molar-refractivity contribution is -0.117. The van der Waals surface area contributed by atoms with E-state index in [1.807, 2.05) is 79.0 Å². The van der Waals surface area contributed by atoms with Crippen LogP contribution < -0.4 is 15.5 Å². The van der Waals surface area contributed by atoms with Crippen molar-refractivity contribution in [3.05, 3.63) is 84.6 Å². The van der Waals surface area contributed by atoms with Crippen molar-refractivity contribution in [1.82, 2.24) is 9.47 Å². The monoisotopic (exact) mass is 521 g/mol. The minimum atomic E-state index is -0.153. The highest BCUT2D eigenvalue weighted by Crippen LogP contribution is 2.30. The van der Waals surface area contributed by atoms with Crippen molar-refractivity contribution in [1.29, 1.82) is 0 Å². The first-order chi connectivity index (χ1) is 19.1. The average Bonchev–Trinajstić information content (AvgIpc) is 3.74. The second kappa shape index (κ2) is 10.7. The van der Waals surface area contributed by atoms with Gasteiger partial charge >= 0.3 is 0 Å². The normalized spacial score (nSPS) is 15.7. The molecule has 1 saturated heterocycles. The van der Waals surface area contributed by atoms with Crippen molar-refractivity contribution in [2.75, 3.05) is 48.3 Å². The minimum Gasteiger partial charge on any atom is -0.369 e. The number of aromatic nitrogens is 1. The Morgan fingerprint density at radius 2 is 1.49 bits per heavy atom. The number of hydrogen-bond acceptors (Lipinski definition) is 5. The zero-order chi connectivity index (χ0) is 26.8. The molecule has 3 aromatic carbocycles. The van der Waals surface area contributed by atoms with E-state index in [9.17, 15) is 14.4 Å². The fraction of sp³-hybridized carbons (Fsp3) is 0.258. The highest BCUT2D eigenvalue weighted by molar-refractivity contribution is 6.05. The number of amides is 2. The van der Waals surface area contributed by atoms with Crippen molar-refractivity contribution >= 4 is 46.1 Å². The summed E-state index contributed by atoms with van der Waals surface area (Å²) in [6.07, 6.45) is 4.92. The largest absolute Gasteiger partial charge is 0.369 e. The molecule has 8 heteroatoms. The fourth-order valence-corrected chi connectivity index (χ4v) is 5.06. The summed E-state index contributed by atoms with van der Waals surface area (Å²) in [6, 6.07) is 23.4. The molecule has 8 nitrogen and oxygen atoms in total. The molecule has 0 radical (unpaired) electrons. The average molecular weight is 522 g/mol. The van der Waals surface area contributed by atoms with Gasteiger partial charge in [0.25, 0.3) is 5.91 Å². The van der Waals surface area contributed by atoms with E-state index in [1.165, 1.54) is 0 Å². The molecule has 2 aliphatic rings. The van der Waals surface area contributed by atoms with Gasteiger partial charge in [0, 0.05) is 72.0 Å². The first kappa shape index (κ1) is 24.9. The third-order valence-corrected chi connectivity index (χ3v) is 7.51. The molecule has 0 bridgehead atoms. The van der Waals surface area contributed by atoms with Gasteiger partial charge in [-0.1, -0.05) is 0 Å². The van der Waals surface area contributed by atoms with Gasteiger partial charge in [0.15, 0.2) is 0 Å². The maximum atomic E-state index is 12.9. The summed E-state index contributed by atoms with van der Waals surface area (Å²) >= 11 is 0. The van der Waals surface area contributed by atoms with Crippen molar-refractivity contribution < 1.29 is 14.4 Å². The molecule has 1 aliphatic heterocycles. The quantitative estimate of drug-likeness (QED) is 0.332. The molecule has 198 valence electrons. The van der Waals surface area contributed by atoms with Gasteiger partial charge in [0.1, 0.15) is 6.29 Å². The van der Waals surface area contributed by atoms with Gasteiger partial charge in [-0.2, -0.15) is 0 Å². The lowest BCUT2D eigenvalue weighted by atomic mass is 10.1. The number of hydrogen-bond donors (Lipinski definition) is 2. The highest BCUT2D eigenvalue weighted by Gasteiger charge is 2.29. The SMILES string of the molecule is O=CCN1CCN(c2ccc(C(=O)Nc3ccc4c(ccn4-c4ccc(NC(=O)C5CC5)cc4)c3)cc2)CC1. The Morgan fingerprint density at radius 3 is 2.18 bits per heavy atom. The van der Waals surface area contributed by atoms with E-state index in [-0.39, 0.29) is 17.7 Å². The molecule has 1 aliphatic carbocycles. The number of nitrogens with zero attached hydrogens (tertiary/aromatic N) is 3. The standard InChI is InChI=1S/C31H31N5O3/c37-20-19-34-15-17-35(18-16-34)27-8-3-23(4-9-27)31(39)33-26-7-12-29-24(21-26)13-14-36(29)28-10-5-25(6-11-28)32-30(38)22-1-2-22/h3-14,20-22H,1-2,15-19H2,(H,32,38)(H,33,39). The van der Waals surface area contributed by atoms with Crippen molar-refractivity contribution in [2.45, 2.75) is 12.8 Å². The van der Waals surface area contributed by atoms with Gasteiger partial charge in [-0.25, -0.2) is 0 Å². The van der Waals surface area contributed by atoms with Crippen LogP contribution in [0.1, 0.15) is 23.2 Å². The first-order valence-corrected chi connectivity index (χ1v) is 13.4. The van der Waals surface area contributed by atoms with Gasteiger partial charge in [-0.3, -0.25) is 14.5 Å². The topological polar surface area (TPSA) is 86.7 Å². The van der Waals surface area contributed by atoms with E-state index in [4.69, 9.17) is 0 Å². The number of anilines is 3. The van der Waals surface area contributed by atoms with Crippen LogP contribution in [0.4, 0.5) is 17.1 Å². The second-order valence-electron chi connectivity index (χ2n) is 10.2. The number of nitrogens with one attached hydrogen (secondary N) is 2. The fourth-order valence-electron chi connectivity index (χ4n) is 5.06. The minimum absolute atomic E-state index is 0.102. The molecule has 2 amide bonds. The van der Waals surface area contributed by atoms with Gasteiger partial charge in [-0.05, 0) is 85.6 Å². The molecule has 0 spiro atoms. The summed E-state index contributed by atoms with van der Waals surface area (Å²) in [5.41, 5.74) is 5.25. The summed E-state index contributed by atoms with van der Waals surface area (Å²) in [5, 5.41) is 7.01. The molecule has 0 atom stereocenters. The zero-order valence-electron chi connectivity index (χ0n) is 21.7. The summed E-state index contributed by atoms with van der Waals surface area (Å²) in [6.45, 7) is 3.92. The Morgan fingerprint density at radius 1 is 0.795 bits per heavy atom. The lowest BCUT2D eigenvalue weighted by Crippen LogP contribution is -2.46. The van der Waals surface area contributed by atoms with Crippen molar-refractivity contribution in [3.8, 4) is 5.69 Å². The third kappa shape index (κ3) is 5.56. The van der Waals surface area contributed by atoms with Crippen LogP contribution in [0.15, 0.2) is 79.0 Å². The molecule has 6 rings (SSSR count). The number of benzene rings is 3. The van der Waals surface area contributed by atoms with E-state index in [2.05, 4.69) is 25.0 Å². The maximum Gasteiger partial charge on any atom is 0.255 e. The Kier molecular flexibility index (Phi) is 6.85. The summed E-state index contributed by atoms with van der Waals surface area (Å²) in [5.74, 6) is 0.124. The Balaban J connectivity index is 1.09.